The lowest BCUT2D eigenvalue weighted by atomic mass is 9.59. The van der Waals surface area contributed by atoms with E-state index in [0.717, 1.165) is 11.1 Å². The van der Waals surface area contributed by atoms with Crippen molar-refractivity contribution in [2.75, 3.05) is 19.1 Å². The molecule has 8 nitrogen and oxygen atoms in total. The van der Waals surface area contributed by atoms with E-state index in [4.69, 9.17) is 21.1 Å². The number of nitrogens with zero attached hydrogens (tertiary/aromatic N) is 1. The molecule has 2 amide bonds. The van der Waals surface area contributed by atoms with Crippen molar-refractivity contribution in [1.82, 2.24) is 0 Å². The lowest BCUT2D eigenvalue weighted by Crippen LogP contribution is -2.39. The molecule has 0 spiro atoms. The number of ketones is 2. The van der Waals surface area contributed by atoms with Gasteiger partial charge in [0.05, 0.1) is 31.7 Å². The van der Waals surface area contributed by atoms with Crippen molar-refractivity contribution in [3.05, 3.63) is 80.9 Å². The summed E-state index contributed by atoms with van der Waals surface area (Å²) < 4.78 is 10.8. The summed E-state index contributed by atoms with van der Waals surface area (Å²) in [5, 5.41) is 11.0. The van der Waals surface area contributed by atoms with Gasteiger partial charge in [-0.25, -0.2) is 4.90 Å². The molecule has 6 rings (SSSR count). The van der Waals surface area contributed by atoms with Crippen LogP contribution in [0.5, 0.6) is 17.2 Å². The van der Waals surface area contributed by atoms with Gasteiger partial charge in [-0.3, -0.25) is 19.2 Å². The molecule has 1 saturated heterocycles. The number of phenols is 1. The van der Waals surface area contributed by atoms with Crippen molar-refractivity contribution >= 4 is 40.7 Å². The number of aryl methyl sites for hydroxylation is 1. The molecule has 2 aromatic rings. The zero-order chi connectivity index (χ0) is 29.3. The van der Waals surface area contributed by atoms with Crippen LogP contribution < -0.4 is 14.4 Å². The van der Waals surface area contributed by atoms with Crippen molar-refractivity contribution in [1.29, 1.82) is 0 Å². The van der Waals surface area contributed by atoms with E-state index in [1.165, 1.54) is 25.2 Å². The van der Waals surface area contributed by atoms with E-state index >= 15 is 0 Å². The molecule has 210 valence electrons. The number of allylic oxidation sites excluding steroid dienone is 6. The number of amides is 2. The quantitative estimate of drug-likeness (QED) is 0.311. The second-order valence-electron chi connectivity index (χ2n) is 10.9. The van der Waals surface area contributed by atoms with E-state index in [0.29, 0.717) is 39.4 Å². The number of ether oxygens (including phenoxy) is 2. The van der Waals surface area contributed by atoms with Crippen LogP contribution in [-0.2, 0) is 19.2 Å². The highest BCUT2D eigenvalue weighted by Gasteiger charge is 2.56. The summed E-state index contributed by atoms with van der Waals surface area (Å²) >= 11 is 6.34. The molecule has 0 radical (unpaired) electrons. The van der Waals surface area contributed by atoms with Crippen molar-refractivity contribution in [3.63, 3.8) is 0 Å². The number of hydrogen-bond acceptors (Lipinski definition) is 7. The third-order valence-electron chi connectivity index (χ3n) is 8.81. The fourth-order valence-corrected chi connectivity index (χ4v) is 6.97. The van der Waals surface area contributed by atoms with Crippen LogP contribution in [0.3, 0.4) is 0 Å². The maximum Gasteiger partial charge on any atom is 0.238 e. The number of fused-ring (bicyclic) bond motifs is 3. The molecule has 3 aliphatic carbocycles. The van der Waals surface area contributed by atoms with Crippen molar-refractivity contribution in [2.45, 2.75) is 32.6 Å². The number of halogens is 1. The molecule has 4 unspecified atom stereocenters. The molecule has 0 bridgehead atoms. The fraction of sp³-hybridized carbons (Fsp3) is 0.312. The fourth-order valence-electron chi connectivity index (χ4n) is 6.80. The summed E-state index contributed by atoms with van der Waals surface area (Å²) in [6.07, 6.45) is 3.75. The van der Waals surface area contributed by atoms with Crippen LogP contribution >= 0.6 is 11.6 Å². The molecule has 0 aromatic heterocycles. The number of methoxy groups -OCH3 is 2. The Bertz CT molecular complexity index is 1640. The predicted molar refractivity (Wildman–Crippen MR) is 151 cm³/mol. The topological polar surface area (TPSA) is 110 Å². The van der Waals surface area contributed by atoms with E-state index in [2.05, 4.69) is 0 Å². The number of carbonyl (C=O) groups is 4. The van der Waals surface area contributed by atoms with Crippen LogP contribution in [0.4, 0.5) is 5.69 Å². The average Bonchev–Trinajstić information content (AvgIpc) is 3.22. The van der Waals surface area contributed by atoms with Crippen molar-refractivity contribution < 1.29 is 33.8 Å². The number of hydrogen-bond donors (Lipinski definition) is 1. The van der Waals surface area contributed by atoms with Gasteiger partial charge in [0, 0.05) is 27.7 Å². The van der Waals surface area contributed by atoms with Crippen molar-refractivity contribution in [2.24, 2.45) is 17.8 Å². The molecule has 4 atom stereocenters. The van der Waals surface area contributed by atoms with Gasteiger partial charge >= 0.3 is 0 Å². The van der Waals surface area contributed by atoms with E-state index in [-0.39, 0.29) is 47.1 Å². The van der Waals surface area contributed by atoms with Gasteiger partial charge in [0.15, 0.2) is 23.1 Å². The van der Waals surface area contributed by atoms with Crippen molar-refractivity contribution in [3.8, 4) is 17.2 Å². The SMILES string of the molecule is COc1cc(C2C3=CCC4C(=O)N(c5ccc(C)c(Cl)c5)C(=O)C4C3CC3=C2C(=O)C(C)=CC3=O)cc(OC)c1O. The number of anilines is 1. The molecule has 2 aromatic carbocycles. The van der Waals surface area contributed by atoms with Gasteiger partial charge in [-0.15, -0.1) is 0 Å². The summed E-state index contributed by atoms with van der Waals surface area (Å²) in [4.78, 5) is 55.9. The molecule has 9 heteroatoms. The summed E-state index contributed by atoms with van der Waals surface area (Å²) in [7, 11) is 2.82. The van der Waals surface area contributed by atoms with Crippen LogP contribution in [-0.4, -0.2) is 42.7 Å². The molecule has 1 N–H and O–H groups in total. The summed E-state index contributed by atoms with van der Waals surface area (Å²) in [5.74, 6) is -3.57. The van der Waals surface area contributed by atoms with E-state index in [9.17, 15) is 24.3 Å². The van der Waals surface area contributed by atoms with Gasteiger partial charge in [-0.05, 0) is 74.1 Å². The maximum absolute atomic E-state index is 14.0. The maximum atomic E-state index is 14.0. The molecule has 41 heavy (non-hydrogen) atoms. The first kappa shape index (κ1) is 27.0. The van der Waals surface area contributed by atoms with Crippen LogP contribution in [0.15, 0.2) is 64.8 Å². The first-order valence-electron chi connectivity index (χ1n) is 13.4. The van der Waals surface area contributed by atoms with Gasteiger partial charge < -0.3 is 14.6 Å². The highest BCUT2D eigenvalue weighted by atomic mass is 35.5. The minimum Gasteiger partial charge on any atom is -0.502 e. The molecule has 4 aliphatic rings. The normalized spacial score (nSPS) is 25.4. The summed E-state index contributed by atoms with van der Waals surface area (Å²) in [6.45, 7) is 3.45. The minimum atomic E-state index is -0.713. The lowest BCUT2D eigenvalue weighted by molar-refractivity contribution is -0.123. The molecule has 1 aliphatic heterocycles. The van der Waals surface area contributed by atoms with Gasteiger partial charge in [-0.1, -0.05) is 29.3 Å². The monoisotopic (exact) mass is 573 g/mol. The Hall–Kier alpha value is -4.17. The van der Waals surface area contributed by atoms with Crippen LogP contribution in [0.25, 0.3) is 0 Å². The second-order valence-corrected chi connectivity index (χ2v) is 11.4. The Morgan fingerprint density at radius 2 is 1.63 bits per heavy atom. The zero-order valence-electron chi connectivity index (χ0n) is 23.0. The number of imide groups is 1. The number of phenolic OH excluding ortho intramolecular Hbond substituents is 1. The number of carbonyl (C=O) groups excluding carboxylic acids is 4. The Balaban J connectivity index is 1.51. The molecular weight excluding hydrogens is 546 g/mol. The standard InChI is InChI=1S/C32H28ClNO7/c1-14-5-6-17(12-22(14)33)34-31(38)19-8-7-18-20(27(19)32(34)39)13-21-23(35)9-15(2)29(36)28(21)26(18)16-10-24(40-3)30(37)25(11-16)41-4/h5-7,9-12,19-20,26-27,37H,8,13H2,1-4H3. The number of benzene rings is 2. The first-order valence-corrected chi connectivity index (χ1v) is 13.7. The van der Waals surface area contributed by atoms with E-state index in [1.54, 1.807) is 37.3 Å². The second kappa shape index (κ2) is 9.73. The molecule has 0 saturated carbocycles. The highest BCUT2D eigenvalue weighted by molar-refractivity contribution is 6.32. The smallest absolute Gasteiger partial charge is 0.238 e. The van der Waals surface area contributed by atoms with Gasteiger partial charge in [0.2, 0.25) is 17.6 Å². The number of aromatic hydroxyl groups is 1. The number of Topliss-reactive ketones (excluding diaryl/α,β-unsaturated/α-hetero) is 1. The van der Waals surface area contributed by atoms with Gasteiger partial charge in [0.1, 0.15) is 0 Å². The Kier molecular flexibility index (Phi) is 6.41. The van der Waals surface area contributed by atoms with Crippen LogP contribution in [0.1, 0.15) is 36.8 Å². The first-order chi connectivity index (χ1) is 19.6. The van der Waals surface area contributed by atoms with Crippen LogP contribution in [0.2, 0.25) is 5.02 Å². The van der Waals surface area contributed by atoms with Gasteiger partial charge in [-0.2, -0.15) is 0 Å². The zero-order valence-corrected chi connectivity index (χ0v) is 23.7. The van der Waals surface area contributed by atoms with E-state index in [1.807, 2.05) is 13.0 Å². The Labute approximate surface area is 241 Å². The molecule has 1 fully saturated rings. The lowest BCUT2D eigenvalue weighted by Gasteiger charge is -2.42. The largest absolute Gasteiger partial charge is 0.502 e. The van der Waals surface area contributed by atoms with Gasteiger partial charge in [0.25, 0.3) is 0 Å². The number of rotatable bonds is 4. The molecular formula is C32H28ClNO7. The predicted octanol–water partition coefficient (Wildman–Crippen LogP) is 5.01. The minimum absolute atomic E-state index is 0.148. The molecule has 1 heterocycles. The average molecular weight is 574 g/mol. The van der Waals surface area contributed by atoms with Crippen LogP contribution in [0, 0.1) is 24.7 Å². The third-order valence-corrected chi connectivity index (χ3v) is 9.22. The Morgan fingerprint density at radius 3 is 2.27 bits per heavy atom. The van der Waals surface area contributed by atoms with E-state index < -0.39 is 23.7 Å². The highest BCUT2D eigenvalue weighted by Crippen LogP contribution is 2.56. The summed E-state index contributed by atoms with van der Waals surface area (Å²) in [6, 6.07) is 8.34. The summed E-state index contributed by atoms with van der Waals surface area (Å²) in [5.41, 5.74) is 3.64. The Morgan fingerprint density at radius 1 is 0.951 bits per heavy atom. The third kappa shape index (κ3) is 3.95.